The molecule has 1 aromatic heterocycles. The molecule has 2 aliphatic heterocycles. The van der Waals surface area contributed by atoms with Crippen LogP contribution in [0.1, 0.15) is 48.7 Å². The summed E-state index contributed by atoms with van der Waals surface area (Å²) in [5.41, 5.74) is 2.76. The van der Waals surface area contributed by atoms with Gasteiger partial charge in [-0.25, -0.2) is 9.59 Å². The summed E-state index contributed by atoms with van der Waals surface area (Å²) in [6, 6.07) is 12.5. The number of carbonyl (C=O) groups excluding carboxylic acids is 3. The topological polar surface area (TPSA) is 119 Å². The van der Waals surface area contributed by atoms with E-state index in [4.69, 9.17) is 18.9 Å². The number of anilines is 2. The summed E-state index contributed by atoms with van der Waals surface area (Å²) in [4.78, 5) is 43.1. The number of Topliss-reactive ketones (excluding diaryl/α,β-unsaturated/α-hetero) is 1. The van der Waals surface area contributed by atoms with Crippen molar-refractivity contribution in [2.75, 3.05) is 63.2 Å². The molecule has 0 bridgehead atoms. The van der Waals surface area contributed by atoms with Gasteiger partial charge in [0.15, 0.2) is 17.3 Å². The maximum absolute atomic E-state index is 13.5. The van der Waals surface area contributed by atoms with Gasteiger partial charge < -0.3 is 29.2 Å². The minimum absolute atomic E-state index is 0.0732. The molecule has 0 aliphatic carbocycles. The average molecular weight is 651 g/mol. The first kappa shape index (κ1) is 33.2. The number of amides is 3. The van der Waals surface area contributed by atoms with Gasteiger partial charge in [0.25, 0.3) is 0 Å². The molecular weight excluding hydrogens is 608 g/mol. The first-order chi connectivity index (χ1) is 22.1. The zero-order valence-electron chi connectivity index (χ0n) is 26.6. The van der Waals surface area contributed by atoms with Crippen LogP contribution in [0.3, 0.4) is 0 Å². The second-order valence-corrected chi connectivity index (χ2v) is 13.0. The van der Waals surface area contributed by atoms with Crippen molar-refractivity contribution in [1.82, 2.24) is 9.80 Å². The van der Waals surface area contributed by atoms with Gasteiger partial charge in [0.1, 0.15) is 18.8 Å². The number of urea groups is 1. The van der Waals surface area contributed by atoms with Gasteiger partial charge in [0.2, 0.25) is 0 Å². The van der Waals surface area contributed by atoms with E-state index in [-0.39, 0.29) is 18.2 Å². The largest absolute Gasteiger partial charge is 0.486 e. The highest BCUT2D eigenvalue weighted by Gasteiger charge is 2.21. The number of morpholine rings is 1. The molecular formula is C34H42N4O7S. The summed E-state index contributed by atoms with van der Waals surface area (Å²) in [6.07, 6.45) is 0.391. The lowest BCUT2D eigenvalue weighted by Gasteiger charge is -2.28. The lowest BCUT2D eigenvalue weighted by molar-refractivity contribution is 0.0365. The van der Waals surface area contributed by atoms with Gasteiger partial charge in [-0.3, -0.25) is 15.0 Å². The first-order valence-electron chi connectivity index (χ1n) is 15.6. The lowest BCUT2D eigenvalue weighted by Crippen LogP contribution is -2.40. The number of fused-ring (bicyclic) bond motifs is 1. The Morgan fingerprint density at radius 3 is 2.41 bits per heavy atom. The van der Waals surface area contributed by atoms with Gasteiger partial charge in [-0.05, 0) is 55.8 Å². The van der Waals surface area contributed by atoms with Crippen molar-refractivity contribution in [2.45, 2.75) is 45.8 Å². The minimum atomic E-state index is -0.623. The lowest BCUT2D eigenvalue weighted by atomic mass is 10.0. The van der Waals surface area contributed by atoms with Crippen molar-refractivity contribution in [3.05, 3.63) is 69.9 Å². The van der Waals surface area contributed by atoms with Crippen molar-refractivity contribution in [1.29, 1.82) is 0 Å². The summed E-state index contributed by atoms with van der Waals surface area (Å²) in [5.74, 6) is 1.20. The minimum Gasteiger partial charge on any atom is -0.486 e. The summed E-state index contributed by atoms with van der Waals surface area (Å²) < 4.78 is 22.1. The van der Waals surface area contributed by atoms with Crippen LogP contribution in [0.2, 0.25) is 0 Å². The zero-order chi connectivity index (χ0) is 32.5. The zero-order valence-corrected chi connectivity index (χ0v) is 27.5. The highest BCUT2D eigenvalue weighted by atomic mass is 32.1. The van der Waals surface area contributed by atoms with E-state index < -0.39 is 11.7 Å². The molecule has 11 nitrogen and oxygen atoms in total. The molecule has 0 spiro atoms. The molecule has 246 valence electrons. The van der Waals surface area contributed by atoms with Gasteiger partial charge in [-0.15, -0.1) is 11.3 Å². The molecule has 3 heterocycles. The van der Waals surface area contributed by atoms with E-state index in [1.807, 2.05) is 17.5 Å². The van der Waals surface area contributed by atoms with Crippen LogP contribution >= 0.6 is 11.3 Å². The Morgan fingerprint density at radius 2 is 1.67 bits per heavy atom. The molecule has 0 unspecified atom stereocenters. The van der Waals surface area contributed by atoms with E-state index in [2.05, 4.69) is 15.5 Å². The van der Waals surface area contributed by atoms with E-state index in [9.17, 15) is 14.4 Å². The molecule has 0 radical (unpaired) electrons. The Labute approximate surface area is 273 Å². The fourth-order valence-corrected chi connectivity index (χ4v) is 5.95. The van der Waals surface area contributed by atoms with Crippen LogP contribution in [-0.4, -0.2) is 85.9 Å². The quantitative estimate of drug-likeness (QED) is 0.241. The monoisotopic (exact) mass is 650 g/mol. The number of hydrogen-bond donors (Lipinski definition) is 2. The third-order valence-corrected chi connectivity index (χ3v) is 8.26. The van der Waals surface area contributed by atoms with Gasteiger partial charge in [-0.1, -0.05) is 24.3 Å². The predicted octanol–water partition coefficient (Wildman–Crippen LogP) is 6.05. The fraction of sp³-hybridized carbons (Fsp3) is 0.441. The number of carbonyl (C=O) groups is 3. The Morgan fingerprint density at radius 1 is 0.935 bits per heavy atom. The molecule has 3 aromatic rings. The number of thiophene rings is 1. The highest BCUT2D eigenvalue weighted by molar-refractivity contribution is 7.08. The molecule has 0 atom stereocenters. The molecule has 1 saturated heterocycles. The first-order valence-corrected chi connectivity index (χ1v) is 16.5. The van der Waals surface area contributed by atoms with E-state index in [1.54, 1.807) is 61.4 Å². The highest BCUT2D eigenvalue weighted by Crippen LogP contribution is 2.32. The molecule has 5 rings (SSSR count). The van der Waals surface area contributed by atoms with Gasteiger partial charge >= 0.3 is 12.1 Å². The molecule has 2 N–H and O–H groups in total. The van der Waals surface area contributed by atoms with Gasteiger partial charge in [-0.2, -0.15) is 0 Å². The molecule has 0 saturated carbocycles. The van der Waals surface area contributed by atoms with Crippen molar-refractivity contribution >= 4 is 40.6 Å². The number of rotatable bonds is 11. The summed E-state index contributed by atoms with van der Waals surface area (Å²) >= 11 is 1.41. The number of hydrogen-bond acceptors (Lipinski definition) is 9. The smallest absolute Gasteiger partial charge is 0.412 e. The maximum Gasteiger partial charge on any atom is 0.412 e. The summed E-state index contributed by atoms with van der Waals surface area (Å²) in [6.45, 7) is 11.4. The molecule has 3 amide bonds. The SMILES string of the molecule is CC(C)(C)OC(=O)Nc1cscc1CC(=O)c1ccc(CN(CCCN2CCOCC2)C(=O)Nc2ccc3c(c2)OCCO3)cc1. The number of nitrogens with zero attached hydrogens (tertiary/aromatic N) is 2. The molecule has 2 aliphatic rings. The van der Waals surface area contributed by atoms with Crippen molar-refractivity contribution in [3.8, 4) is 11.5 Å². The van der Waals surface area contributed by atoms with E-state index in [1.165, 1.54) is 11.3 Å². The summed E-state index contributed by atoms with van der Waals surface area (Å²) in [7, 11) is 0. The Hall–Kier alpha value is -4.13. The maximum atomic E-state index is 13.5. The predicted molar refractivity (Wildman–Crippen MR) is 177 cm³/mol. The van der Waals surface area contributed by atoms with Crippen LogP contribution in [0.4, 0.5) is 21.0 Å². The number of ether oxygens (including phenoxy) is 4. The standard InChI is InChI=1S/C34H42N4O7S/c1-34(2,3)45-33(41)36-28-23-46-22-26(28)19-29(39)25-7-5-24(6-8-25)21-38(12-4-11-37-13-15-42-16-14-37)32(40)35-27-9-10-30-31(20-27)44-18-17-43-30/h5-10,20,22-23H,4,11-19,21H2,1-3H3,(H,35,40)(H,36,41). The molecule has 12 heteroatoms. The van der Waals surface area contributed by atoms with Crippen molar-refractivity contribution in [2.24, 2.45) is 0 Å². The van der Waals surface area contributed by atoms with Crippen LogP contribution < -0.4 is 20.1 Å². The van der Waals surface area contributed by atoms with E-state index >= 15 is 0 Å². The fourth-order valence-electron chi connectivity index (χ4n) is 5.16. The van der Waals surface area contributed by atoms with Gasteiger partial charge in [0.05, 0.1) is 18.9 Å². The van der Waals surface area contributed by atoms with Crippen molar-refractivity contribution in [3.63, 3.8) is 0 Å². The van der Waals surface area contributed by atoms with Crippen molar-refractivity contribution < 1.29 is 33.3 Å². The Kier molecular flexibility index (Phi) is 11.2. The Bertz CT molecular complexity index is 1500. The van der Waals surface area contributed by atoms with E-state index in [0.29, 0.717) is 54.7 Å². The third-order valence-electron chi connectivity index (χ3n) is 7.46. The second-order valence-electron chi connectivity index (χ2n) is 12.3. The normalized spacial score (nSPS) is 14.8. The Balaban J connectivity index is 1.21. The average Bonchev–Trinajstić information content (AvgIpc) is 3.46. The second kappa shape index (κ2) is 15.4. The number of nitrogens with one attached hydrogen (secondary N) is 2. The molecule has 1 fully saturated rings. The van der Waals surface area contributed by atoms with Crippen LogP contribution in [0.25, 0.3) is 0 Å². The molecule has 2 aromatic carbocycles. The van der Waals surface area contributed by atoms with Crippen LogP contribution in [0, 0.1) is 0 Å². The van der Waals surface area contributed by atoms with Crippen LogP contribution in [0.15, 0.2) is 53.2 Å². The van der Waals surface area contributed by atoms with Crippen LogP contribution in [0.5, 0.6) is 11.5 Å². The number of ketones is 1. The van der Waals surface area contributed by atoms with Gasteiger partial charge in [0, 0.05) is 61.8 Å². The van der Waals surface area contributed by atoms with Crippen LogP contribution in [-0.2, 0) is 22.4 Å². The number of benzene rings is 2. The molecule has 46 heavy (non-hydrogen) atoms. The van der Waals surface area contributed by atoms with E-state index in [0.717, 1.165) is 50.4 Å². The summed E-state index contributed by atoms with van der Waals surface area (Å²) in [5, 5.41) is 9.40. The third kappa shape index (κ3) is 9.68.